The van der Waals surface area contributed by atoms with Crippen molar-refractivity contribution in [2.24, 2.45) is 0 Å². The van der Waals surface area contributed by atoms with Gasteiger partial charge in [0.25, 0.3) is 0 Å². The zero-order valence-corrected chi connectivity index (χ0v) is 28.7. The van der Waals surface area contributed by atoms with Gasteiger partial charge in [0.1, 0.15) is 13.2 Å². The summed E-state index contributed by atoms with van der Waals surface area (Å²) in [7, 11) is 5.86. The monoisotopic (exact) mass is 635 g/mol. The lowest BCUT2D eigenvalue weighted by molar-refractivity contribution is -0.870. The van der Waals surface area contributed by atoms with Crippen LogP contribution in [0.15, 0.2) is 48.6 Å². The molecule has 0 aromatic rings. The van der Waals surface area contributed by atoms with E-state index in [1.54, 1.807) is 0 Å². The van der Waals surface area contributed by atoms with Crippen LogP contribution >= 0.6 is 0 Å². The van der Waals surface area contributed by atoms with Crippen LogP contribution in [0.1, 0.15) is 104 Å². The molecule has 258 valence electrons. The van der Waals surface area contributed by atoms with Crippen molar-refractivity contribution in [1.29, 1.82) is 0 Å². The van der Waals surface area contributed by atoms with Gasteiger partial charge in [0.05, 0.1) is 40.3 Å². The van der Waals surface area contributed by atoms with Gasteiger partial charge in [-0.2, -0.15) is 0 Å². The Labute approximate surface area is 272 Å². The topological polar surface area (TPSA) is 111 Å². The van der Waals surface area contributed by atoms with Crippen molar-refractivity contribution in [3.8, 4) is 0 Å². The first-order valence-electron chi connectivity index (χ1n) is 16.8. The Bertz CT molecular complexity index is 888. The van der Waals surface area contributed by atoms with Crippen LogP contribution in [0.3, 0.4) is 0 Å². The summed E-state index contributed by atoms with van der Waals surface area (Å²) < 4.78 is 22.2. The number of carboxylic acids is 1. The van der Waals surface area contributed by atoms with Crippen LogP contribution < -0.4 is 5.11 Å². The number of hydrogen-bond acceptors (Lipinski definition) is 8. The lowest BCUT2D eigenvalue weighted by Gasteiger charge is -2.26. The maximum atomic E-state index is 12.5. The van der Waals surface area contributed by atoms with E-state index in [-0.39, 0.29) is 38.6 Å². The van der Waals surface area contributed by atoms with Gasteiger partial charge in [-0.3, -0.25) is 9.59 Å². The third-order valence-electron chi connectivity index (χ3n) is 6.60. The highest BCUT2D eigenvalue weighted by Gasteiger charge is 2.21. The first kappa shape index (κ1) is 42.2. The number of unbranched alkanes of at least 4 members (excludes halogenated alkanes) is 6. The molecule has 45 heavy (non-hydrogen) atoms. The van der Waals surface area contributed by atoms with Crippen molar-refractivity contribution in [3.63, 3.8) is 0 Å². The molecule has 0 aliphatic carbocycles. The smallest absolute Gasteiger partial charge is 0.306 e. The van der Waals surface area contributed by atoms with Crippen LogP contribution in [0, 0.1) is 0 Å². The number of esters is 2. The molecule has 0 saturated carbocycles. The Morgan fingerprint density at radius 2 is 1.27 bits per heavy atom. The maximum Gasteiger partial charge on any atom is 0.306 e. The molecule has 0 aliphatic rings. The summed E-state index contributed by atoms with van der Waals surface area (Å²) in [5, 5.41) is 11.6. The Balaban J connectivity index is 4.75. The summed E-state index contributed by atoms with van der Waals surface area (Å²) >= 11 is 0. The van der Waals surface area contributed by atoms with Crippen LogP contribution in [-0.4, -0.2) is 82.3 Å². The normalized spacial score (nSPS) is 13.7. The van der Waals surface area contributed by atoms with E-state index in [9.17, 15) is 19.5 Å². The Morgan fingerprint density at radius 3 is 1.84 bits per heavy atom. The lowest BCUT2D eigenvalue weighted by Crippen LogP contribution is -2.44. The van der Waals surface area contributed by atoms with Gasteiger partial charge in [0.2, 0.25) is 0 Å². The number of nitrogens with zero attached hydrogens (tertiary/aromatic N) is 1. The SMILES string of the molecule is CC/C=C\C/C=C\C/C=C\C/C=C\CCC(=O)OC(COC(=O)CCCCCCCCC)COC(OCC[N+](C)(C)C)C(=O)[O-]. The van der Waals surface area contributed by atoms with Gasteiger partial charge in [-0.15, -0.1) is 0 Å². The van der Waals surface area contributed by atoms with E-state index in [1.807, 2.05) is 33.3 Å². The minimum absolute atomic E-state index is 0.126. The number of carboxylic acid groups (broad SMARTS) is 1. The van der Waals surface area contributed by atoms with E-state index in [2.05, 4.69) is 50.3 Å². The fourth-order valence-electron chi connectivity index (χ4n) is 3.96. The zero-order valence-electron chi connectivity index (χ0n) is 28.7. The first-order chi connectivity index (χ1) is 21.6. The molecule has 0 heterocycles. The van der Waals surface area contributed by atoms with Gasteiger partial charge in [-0.1, -0.05) is 101 Å². The number of aliphatic carboxylic acids is 1. The average molecular weight is 636 g/mol. The summed E-state index contributed by atoms with van der Waals surface area (Å²) in [4.78, 5) is 36.4. The quantitative estimate of drug-likeness (QED) is 0.0324. The number of carbonyl (C=O) groups is 3. The Kier molecular flexibility index (Phi) is 27.0. The standard InChI is InChI=1S/C36H61NO8/c1-6-8-10-12-14-15-16-17-18-19-21-23-25-27-34(39)45-32(30-43-33(38)26-24-22-20-13-11-9-7-2)31-44-36(35(40)41)42-29-28-37(3,4)5/h8,10,14-15,17-18,21,23,32,36H,6-7,9,11-13,16,19-20,22,24-31H2,1-5H3/b10-8-,15-14-,18-17-,23-21-. The maximum absolute atomic E-state index is 12.5. The van der Waals surface area contributed by atoms with Crippen LogP contribution in [0.25, 0.3) is 0 Å². The number of allylic oxidation sites excluding steroid dienone is 8. The molecule has 0 aromatic heterocycles. The highest BCUT2D eigenvalue weighted by atomic mass is 16.7. The highest BCUT2D eigenvalue weighted by molar-refractivity contribution is 5.70. The Hall–Kier alpha value is -2.75. The number of rotatable bonds is 29. The molecule has 0 rings (SSSR count). The molecule has 0 radical (unpaired) electrons. The minimum atomic E-state index is -1.63. The molecule has 0 N–H and O–H groups in total. The second kappa shape index (κ2) is 28.7. The molecule has 9 nitrogen and oxygen atoms in total. The van der Waals surface area contributed by atoms with Crippen LogP contribution in [-0.2, 0) is 33.3 Å². The molecule has 0 fully saturated rings. The van der Waals surface area contributed by atoms with E-state index in [4.69, 9.17) is 18.9 Å². The molecule has 0 amide bonds. The van der Waals surface area contributed by atoms with Gasteiger partial charge >= 0.3 is 11.9 Å². The largest absolute Gasteiger partial charge is 0.545 e. The predicted octanol–water partition coefficient (Wildman–Crippen LogP) is 5.98. The van der Waals surface area contributed by atoms with Crippen molar-refractivity contribution in [3.05, 3.63) is 48.6 Å². The van der Waals surface area contributed by atoms with Crippen LogP contribution in [0.5, 0.6) is 0 Å². The molecule has 2 atom stereocenters. The van der Waals surface area contributed by atoms with Crippen LogP contribution in [0.4, 0.5) is 0 Å². The number of hydrogen-bond donors (Lipinski definition) is 0. The van der Waals surface area contributed by atoms with Crippen molar-refractivity contribution >= 4 is 17.9 Å². The molecular weight excluding hydrogens is 574 g/mol. The van der Waals surface area contributed by atoms with Crippen molar-refractivity contribution in [2.45, 2.75) is 116 Å². The van der Waals surface area contributed by atoms with Gasteiger partial charge in [-0.25, -0.2) is 0 Å². The number of likely N-dealkylation sites (N-methyl/N-ethyl adjacent to an activating group) is 1. The molecule has 0 spiro atoms. The molecule has 0 saturated heterocycles. The van der Waals surface area contributed by atoms with Crippen molar-refractivity contribution in [1.82, 2.24) is 0 Å². The van der Waals surface area contributed by atoms with Gasteiger partial charge in [0.15, 0.2) is 12.4 Å². The second-order valence-corrected chi connectivity index (χ2v) is 12.1. The molecule has 2 unspecified atom stereocenters. The molecule has 0 aromatic carbocycles. The molecular formula is C36H61NO8. The van der Waals surface area contributed by atoms with Crippen LogP contribution in [0.2, 0.25) is 0 Å². The average Bonchev–Trinajstić information content (AvgIpc) is 2.98. The second-order valence-electron chi connectivity index (χ2n) is 12.1. The number of ether oxygens (including phenoxy) is 4. The predicted molar refractivity (Wildman–Crippen MR) is 177 cm³/mol. The van der Waals surface area contributed by atoms with E-state index >= 15 is 0 Å². The number of carbonyl (C=O) groups excluding carboxylic acids is 3. The third kappa shape index (κ3) is 29.7. The molecule has 9 heteroatoms. The highest BCUT2D eigenvalue weighted by Crippen LogP contribution is 2.10. The fraction of sp³-hybridized carbons (Fsp3) is 0.694. The van der Waals surface area contributed by atoms with Crippen molar-refractivity contribution in [2.75, 3.05) is 47.5 Å². The third-order valence-corrected chi connectivity index (χ3v) is 6.60. The van der Waals surface area contributed by atoms with Gasteiger partial charge in [-0.05, 0) is 38.5 Å². The molecule has 0 aliphatic heterocycles. The lowest BCUT2D eigenvalue weighted by atomic mass is 10.1. The Morgan fingerprint density at radius 1 is 0.689 bits per heavy atom. The molecule has 0 bridgehead atoms. The zero-order chi connectivity index (χ0) is 33.6. The van der Waals surface area contributed by atoms with E-state index in [0.29, 0.717) is 17.4 Å². The summed E-state index contributed by atoms with van der Waals surface area (Å²) in [5.41, 5.74) is 0. The summed E-state index contributed by atoms with van der Waals surface area (Å²) in [6.45, 7) is 4.43. The summed E-state index contributed by atoms with van der Waals surface area (Å²) in [6.07, 6.45) is 26.2. The van der Waals surface area contributed by atoms with E-state index in [0.717, 1.165) is 51.4 Å². The first-order valence-corrected chi connectivity index (χ1v) is 16.8. The summed E-state index contributed by atoms with van der Waals surface area (Å²) in [6, 6.07) is 0. The summed E-state index contributed by atoms with van der Waals surface area (Å²) in [5.74, 6) is -2.41. The van der Waals surface area contributed by atoms with Gasteiger partial charge < -0.3 is 33.3 Å². The van der Waals surface area contributed by atoms with Crippen molar-refractivity contribution < 1.29 is 42.9 Å². The minimum Gasteiger partial charge on any atom is -0.545 e. The van der Waals surface area contributed by atoms with E-state index in [1.165, 1.54) is 19.3 Å². The van der Waals surface area contributed by atoms with E-state index < -0.39 is 24.3 Å². The fourth-order valence-corrected chi connectivity index (χ4v) is 3.96. The number of quaternary nitrogens is 1. The van der Waals surface area contributed by atoms with Gasteiger partial charge in [0, 0.05) is 12.8 Å².